The number of aryl methyl sites for hydroxylation is 6. The molecule has 0 aliphatic heterocycles. The average Bonchev–Trinajstić information content (AvgIpc) is 2.99. The Hall–Kier alpha value is -2.07. The van der Waals surface area contributed by atoms with Gasteiger partial charge in [0.25, 0.3) is 0 Å². The summed E-state index contributed by atoms with van der Waals surface area (Å²) >= 11 is 6.55. The quantitative estimate of drug-likeness (QED) is 0.111. The molecule has 0 heterocycles. The predicted molar refractivity (Wildman–Crippen MR) is 235 cm³/mol. The van der Waals surface area contributed by atoms with Crippen molar-refractivity contribution in [2.45, 2.75) is 160 Å². The first-order valence-corrected chi connectivity index (χ1v) is 24.1. The molecule has 0 atom stereocenters. The van der Waals surface area contributed by atoms with E-state index in [-0.39, 0.29) is 0 Å². The van der Waals surface area contributed by atoms with Gasteiger partial charge in [0.05, 0.1) is 0 Å². The van der Waals surface area contributed by atoms with Gasteiger partial charge in [-0.15, -0.1) is 0 Å². The standard InChI is InChI=1S/C30H46Ge.C18H22ClSi/c1-17(2)23-13-15-25(29(21(9)10)27(23)19(5)6)31-26-16-14-24(18(3)4)28(20(7)8)30(26)22(11)12;1-11-7-13(3)17(14(4)8-11)20(19)18-15(5)9-12(2)10-16(18)6/h13-22H,1-12H3;7-10H,1-6H3. The second-order valence-electron chi connectivity index (χ2n) is 17.0. The summed E-state index contributed by atoms with van der Waals surface area (Å²) < 4.78 is 3.30. The van der Waals surface area contributed by atoms with Crippen LogP contribution in [-0.4, -0.2) is 23.5 Å². The van der Waals surface area contributed by atoms with Crippen molar-refractivity contribution >= 4 is 53.8 Å². The van der Waals surface area contributed by atoms with E-state index in [4.69, 9.17) is 11.1 Å². The van der Waals surface area contributed by atoms with E-state index in [1.54, 1.807) is 42.2 Å². The van der Waals surface area contributed by atoms with E-state index >= 15 is 0 Å². The van der Waals surface area contributed by atoms with E-state index in [2.05, 4.69) is 173 Å². The van der Waals surface area contributed by atoms with Crippen molar-refractivity contribution in [3.63, 3.8) is 0 Å². The molecule has 0 N–H and O–H groups in total. The Morgan fingerprint density at radius 3 is 0.922 bits per heavy atom. The van der Waals surface area contributed by atoms with Gasteiger partial charge in [0.2, 0.25) is 8.11 Å². The molecule has 4 aromatic rings. The summed E-state index contributed by atoms with van der Waals surface area (Å²) in [4.78, 5) is 0. The fraction of sp³-hybridized carbons (Fsp3) is 0.500. The molecule has 0 saturated heterocycles. The van der Waals surface area contributed by atoms with Crippen LogP contribution >= 0.6 is 11.1 Å². The third-order valence-electron chi connectivity index (χ3n) is 10.3. The number of hydrogen-bond donors (Lipinski definition) is 0. The van der Waals surface area contributed by atoms with Crippen molar-refractivity contribution in [3.05, 3.63) is 115 Å². The van der Waals surface area contributed by atoms with Crippen LogP contribution in [0, 0.1) is 41.5 Å². The van der Waals surface area contributed by atoms with E-state index in [0.717, 1.165) is 0 Å². The molecule has 0 saturated carbocycles. The topological polar surface area (TPSA) is 0 Å². The van der Waals surface area contributed by atoms with Gasteiger partial charge in [-0.25, -0.2) is 0 Å². The molecule has 0 amide bonds. The van der Waals surface area contributed by atoms with Crippen LogP contribution in [0.5, 0.6) is 0 Å². The van der Waals surface area contributed by atoms with Crippen molar-refractivity contribution in [2.24, 2.45) is 0 Å². The molecule has 4 aromatic carbocycles. The average molecular weight is 781 g/mol. The third-order valence-corrected chi connectivity index (χ3v) is 16.8. The van der Waals surface area contributed by atoms with Crippen molar-refractivity contribution < 1.29 is 0 Å². The van der Waals surface area contributed by atoms with Gasteiger partial charge in [-0.05, 0) is 74.2 Å². The van der Waals surface area contributed by atoms with Crippen LogP contribution in [0.15, 0.2) is 48.5 Å². The minimum Gasteiger partial charge on any atom is -0.156 e. The van der Waals surface area contributed by atoms with Gasteiger partial charge in [-0.1, -0.05) is 35.4 Å². The molecule has 51 heavy (non-hydrogen) atoms. The molecule has 0 aliphatic rings. The molecule has 3 radical (unpaired) electrons. The summed E-state index contributed by atoms with van der Waals surface area (Å²) in [5, 5.41) is 2.72. The Kier molecular flexibility index (Phi) is 15.6. The van der Waals surface area contributed by atoms with E-state index in [9.17, 15) is 0 Å². The zero-order valence-corrected chi connectivity index (χ0v) is 39.3. The summed E-state index contributed by atoms with van der Waals surface area (Å²) in [7, 11) is -1.23. The maximum absolute atomic E-state index is 6.96. The summed E-state index contributed by atoms with van der Waals surface area (Å²) in [6.45, 7) is 41.5. The Labute approximate surface area is 327 Å². The molecule has 4 rings (SSSR count). The summed E-state index contributed by atoms with van der Waals surface area (Å²) in [6, 6.07) is 18.9. The maximum Gasteiger partial charge on any atom is 0.235 e. The second kappa shape index (κ2) is 18.3. The number of hydrogen-bond acceptors (Lipinski definition) is 0. The van der Waals surface area contributed by atoms with Crippen LogP contribution in [0.25, 0.3) is 0 Å². The summed E-state index contributed by atoms with van der Waals surface area (Å²) in [5.41, 5.74) is 17.6. The maximum atomic E-state index is 6.96. The minimum atomic E-state index is -1.23. The largest absolute Gasteiger partial charge is 0.235 e. The molecule has 0 spiro atoms. The fourth-order valence-corrected chi connectivity index (χ4v) is 15.7. The van der Waals surface area contributed by atoms with Gasteiger partial charge < -0.3 is 0 Å². The number of benzene rings is 4. The zero-order chi connectivity index (χ0) is 38.6. The molecular formula is C48H68ClGeSi. The number of rotatable bonds is 10. The Balaban J connectivity index is 0.000000302. The second-order valence-corrected chi connectivity index (χ2v) is 22.5. The molecule has 0 fully saturated rings. The van der Waals surface area contributed by atoms with Gasteiger partial charge in [0.15, 0.2) is 0 Å². The van der Waals surface area contributed by atoms with Crippen molar-refractivity contribution in [1.82, 2.24) is 0 Å². The summed E-state index contributed by atoms with van der Waals surface area (Å²) in [5.74, 6) is 3.43. The SMILES string of the molecule is CC(C)c1cc[c]([Ge][c]2ccc(C(C)C)c(C(C)C)c2C(C)C)c(C(C)C)c1C(C)C.Cc1cc(C)c([Si](Cl)c2c(C)cc(C)cc2C)c(C)c1. The van der Waals surface area contributed by atoms with Crippen LogP contribution < -0.4 is 19.2 Å². The molecule has 0 aromatic heterocycles. The van der Waals surface area contributed by atoms with Crippen molar-refractivity contribution in [2.75, 3.05) is 0 Å². The molecular weight excluding hydrogens is 713 g/mol. The normalized spacial score (nSPS) is 12.0. The van der Waals surface area contributed by atoms with Crippen LogP contribution in [0.3, 0.4) is 0 Å². The van der Waals surface area contributed by atoms with Crippen LogP contribution in [0.4, 0.5) is 0 Å². The Morgan fingerprint density at radius 1 is 0.412 bits per heavy atom. The van der Waals surface area contributed by atoms with Crippen LogP contribution in [-0.2, 0) is 0 Å². The summed E-state index contributed by atoms with van der Waals surface area (Å²) in [6.07, 6.45) is 0. The van der Waals surface area contributed by atoms with Crippen LogP contribution in [0.2, 0.25) is 0 Å². The van der Waals surface area contributed by atoms with Crippen molar-refractivity contribution in [1.29, 1.82) is 0 Å². The first-order chi connectivity index (χ1) is 23.7. The van der Waals surface area contributed by atoms with Crippen LogP contribution in [0.1, 0.15) is 185 Å². The molecule has 275 valence electrons. The monoisotopic (exact) mass is 781 g/mol. The Bertz CT molecular complexity index is 1630. The first kappa shape index (κ1) is 43.3. The van der Waals surface area contributed by atoms with E-state index in [1.807, 2.05) is 0 Å². The minimum absolute atomic E-state index is 0.405. The smallest absolute Gasteiger partial charge is 0.156 e. The molecule has 0 aliphatic carbocycles. The molecule has 0 bridgehead atoms. The molecule has 3 heteroatoms. The Morgan fingerprint density at radius 2 is 0.686 bits per heavy atom. The van der Waals surface area contributed by atoms with Crippen molar-refractivity contribution in [3.8, 4) is 0 Å². The third kappa shape index (κ3) is 10.1. The van der Waals surface area contributed by atoms with Gasteiger partial charge >= 0.3 is 200 Å². The molecule has 0 nitrogen and oxygen atoms in total. The van der Waals surface area contributed by atoms with E-state index in [1.165, 1.54) is 43.8 Å². The van der Waals surface area contributed by atoms with E-state index < -0.39 is 23.5 Å². The zero-order valence-electron chi connectivity index (χ0n) is 35.5. The first-order valence-electron chi connectivity index (χ1n) is 19.5. The number of halogens is 1. The molecule has 0 unspecified atom stereocenters. The van der Waals surface area contributed by atoms with Gasteiger partial charge in [-0.3, -0.25) is 0 Å². The fourth-order valence-electron chi connectivity index (χ4n) is 8.39. The van der Waals surface area contributed by atoms with Gasteiger partial charge in [-0.2, -0.15) is 11.1 Å². The predicted octanol–water partition coefficient (Wildman–Crippen LogP) is 12.0. The van der Waals surface area contributed by atoms with Gasteiger partial charge in [0.1, 0.15) is 0 Å². The van der Waals surface area contributed by atoms with Gasteiger partial charge in [0, 0.05) is 0 Å². The van der Waals surface area contributed by atoms with E-state index in [0.29, 0.717) is 35.5 Å².